The molecule has 2 aromatic rings. The van der Waals surface area contributed by atoms with E-state index in [0.29, 0.717) is 23.6 Å². The maximum absolute atomic E-state index is 12.2. The first kappa shape index (κ1) is 16.5. The standard InChI is InChI=1S/C18H19NO4/c1-3-22-16-12-8-7-11-15(16)18(21)23-13(2)17(20)19-14-9-5-4-6-10-14/h4-13H,3H2,1-2H3,(H,19,20)/t13-/m1/s1. The van der Waals surface area contributed by atoms with E-state index < -0.39 is 18.0 Å². The Morgan fingerprint density at radius 2 is 1.70 bits per heavy atom. The summed E-state index contributed by atoms with van der Waals surface area (Å²) in [6, 6.07) is 15.8. The van der Waals surface area contributed by atoms with Crippen LogP contribution in [0.3, 0.4) is 0 Å². The molecule has 5 nitrogen and oxygen atoms in total. The molecule has 0 bridgehead atoms. The van der Waals surface area contributed by atoms with Gasteiger partial charge in [0, 0.05) is 5.69 Å². The molecule has 1 N–H and O–H groups in total. The van der Waals surface area contributed by atoms with Crippen molar-refractivity contribution in [3.05, 3.63) is 60.2 Å². The van der Waals surface area contributed by atoms with Crippen LogP contribution in [-0.4, -0.2) is 24.6 Å². The summed E-state index contributed by atoms with van der Waals surface area (Å²) in [5, 5.41) is 2.69. The zero-order valence-corrected chi connectivity index (χ0v) is 13.1. The van der Waals surface area contributed by atoms with E-state index in [9.17, 15) is 9.59 Å². The number of ether oxygens (including phenoxy) is 2. The summed E-state index contributed by atoms with van der Waals surface area (Å²) in [7, 11) is 0. The molecule has 23 heavy (non-hydrogen) atoms. The molecular weight excluding hydrogens is 294 g/mol. The average Bonchev–Trinajstić information content (AvgIpc) is 2.56. The molecule has 1 amide bonds. The number of carbonyl (C=O) groups is 2. The second-order valence-electron chi connectivity index (χ2n) is 4.83. The van der Waals surface area contributed by atoms with Gasteiger partial charge in [0.2, 0.25) is 0 Å². The Bertz CT molecular complexity index is 670. The molecule has 0 saturated heterocycles. The summed E-state index contributed by atoms with van der Waals surface area (Å²) < 4.78 is 10.6. The number of hydrogen-bond acceptors (Lipinski definition) is 4. The minimum atomic E-state index is -0.919. The van der Waals surface area contributed by atoms with Crippen molar-refractivity contribution in [3.8, 4) is 5.75 Å². The van der Waals surface area contributed by atoms with E-state index in [0.717, 1.165) is 0 Å². The van der Waals surface area contributed by atoms with E-state index in [2.05, 4.69) is 5.32 Å². The second kappa shape index (κ2) is 7.98. The van der Waals surface area contributed by atoms with E-state index in [1.165, 1.54) is 6.92 Å². The number of carbonyl (C=O) groups excluding carboxylic acids is 2. The van der Waals surface area contributed by atoms with Crippen molar-refractivity contribution in [2.24, 2.45) is 0 Å². The molecule has 120 valence electrons. The van der Waals surface area contributed by atoms with Gasteiger partial charge in [0.15, 0.2) is 6.10 Å². The van der Waals surface area contributed by atoms with Gasteiger partial charge in [-0.1, -0.05) is 30.3 Å². The molecule has 2 rings (SSSR count). The van der Waals surface area contributed by atoms with Crippen LogP contribution in [0, 0.1) is 0 Å². The van der Waals surface area contributed by atoms with Crippen molar-refractivity contribution in [3.63, 3.8) is 0 Å². The van der Waals surface area contributed by atoms with Crippen LogP contribution >= 0.6 is 0 Å². The van der Waals surface area contributed by atoms with E-state index in [4.69, 9.17) is 9.47 Å². The zero-order chi connectivity index (χ0) is 16.7. The van der Waals surface area contributed by atoms with Gasteiger partial charge in [-0.05, 0) is 38.1 Å². The van der Waals surface area contributed by atoms with Crippen molar-refractivity contribution in [1.82, 2.24) is 0 Å². The normalized spacial score (nSPS) is 11.4. The molecule has 1 atom stereocenters. The number of nitrogens with one attached hydrogen (secondary N) is 1. The van der Waals surface area contributed by atoms with E-state index in [1.807, 2.05) is 25.1 Å². The second-order valence-corrected chi connectivity index (χ2v) is 4.83. The highest BCUT2D eigenvalue weighted by Gasteiger charge is 2.21. The van der Waals surface area contributed by atoms with Crippen LogP contribution < -0.4 is 10.1 Å². The molecule has 0 aromatic heterocycles. The third-order valence-corrected chi connectivity index (χ3v) is 3.10. The lowest BCUT2D eigenvalue weighted by atomic mass is 10.2. The van der Waals surface area contributed by atoms with E-state index >= 15 is 0 Å². The highest BCUT2D eigenvalue weighted by Crippen LogP contribution is 2.19. The first-order valence-electron chi connectivity index (χ1n) is 7.40. The Morgan fingerprint density at radius 3 is 2.39 bits per heavy atom. The summed E-state index contributed by atoms with van der Waals surface area (Å²) in [6.45, 7) is 3.80. The van der Waals surface area contributed by atoms with Crippen LogP contribution in [0.5, 0.6) is 5.75 Å². The molecule has 0 heterocycles. The number of anilines is 1. The topological polar surface area (TPSA) is 64.6 Å². The number of benzene rings is 2. The predicted molar refractivity (Wildman–Crippen MR) is 87.6 cm³/mol. The Labute approximate surface area is 135 Å². The first-order chi connectivity index (χ1) is 11.1. The van der Waals surface area contributed by atoms with Crippen LogP contribution in [0.25, 0.3) is 0 Å². The number of rotatable bonds is 6. The third-order valence-electron chi connectivity index (χ3n) is 3.10. The first-order valence-corrected chi connectivity index (χ1v) is 7.40. The van der Waals surface area contributed by atoms with Crippen molar-refractivity contribution in [2.75, 3.05) is 11.9 Å². The molecule has 2 aromatic carbocycles. The molecule has 0 aliphatic rings. The van der Waals surface area contributed by atoms with Crippen molar-refractivity contribution in [2.45, 2.75) is 20.0 Å². The van der Waals surface area contributed by atoms with Gasteiger partial charge in [-0.2, -0.15) is 0 Å². The summed E-state index contributed by atoms with van der Waals surface area (Å²) >= 11 is 0. The van der Waals surface area contributed by atoms with Gasteiger partial charge >= 0.3 is 5.97 Å². The van der Waals surface area contributed by atoms with Gasteiger partial charge in [0.25, 0.3) is 5.91 Å². The summed E-state index contributed by atoms with van der Waals surface area (Å²) in [6.07, 6.45) is -0.919. The fraction of sp³-hybridized carbons (Fsp3) is 0.222. The minimum Gasteiger partial charge on any atom is -0.493 e. The maximum atomic E-state index is 12.2. The quantitative estimate of drug-likeness (QED) is 0.831. The van der Waals surface area contributed by atoms with Crippen LogP contribution in [0.1, 0.15) is 24.2 Å². The molecule has 0 fully saturated rings. The molecule has 5 heteroatoms. The number of amides is 1. The van der Waals surface area contributed by atoms with Gasteiger partial charge in [-0.3, -0.25) is 4.79 Å². The summed E-state index contributed by atoms with van der Waals surface area (Å²) in [4.78, 5) is 24.3. The molecule has 0 aliphatic heterocycles. The number of hydrogen-bond donors (Lipinski definition) is 1. The lowest BCUT2D eigenvalue weighted by Gasteiger charge is -2.15. The highest BCUT2D eigenvalue weighted by atomic mass is 16.5. The Balaban J connectivity index is 2.01. The highest BCUT2D eigenvalue weighted by molar-refractivity contribution is 5.98. The van der Waals surface area contributed by atoms with E-state index in [-0.39, 0.29) is 0 Å². The SMILES string of the molecule is CCOc1ccccc1C(=O)O[C@H](C)C(=O)Nc1ccccc1. The van der Waals surface area contributed by atoms with E-state index in [1.54, 1.807) is 36.4 Å². The Morgan fingerprint density at radius 1 is 1.04 bits per heavy atom. The Hall–Kier alpha value is -2.82. The fourth-order valence-corrected chi connectivity index (χ4v) is 1.96. The van der Waals surface area contributed by atoms with Crippen molar-refractivity contribution in [1.29, 1.82) is 0 Å². The lowest BCUT2D eigenvalue weighted by Crippen LogP contribution is -2.30. The van der Waals surface area contributed by atoms with Gasteiger partial charge in [-0.25, -0.2) is 4.79 Å². The monoisotopic (exact) mass is 313 g/mol. The van der Waals surface area contributed by atoms with Crippen LogP contribution in [0.15, 0.2) is 54.6 Å². The lowest BCUT2D eigenvalue weighted by molar-refractivity contribution is -0.123. The van der Waals surface area contributed by atoms with Crippen molar-refractivity contribution < 1.29 is 19.1 Å². The van der Waals surface area contributed by atoms with Gasteiger partial charge in [0.05, 0.1) is 6.61 Å². The fourth-order valence-electron chi connectivity index (χ4n) is 1.96. The van der Waals surface area contributed by atoms with Crippen LogP contribution in [-0.2, 0) is 9.53 Å². The molecule has 0 radical (unpaired) electrons. The molecule has 0 spiro atoms. The smallest absolute Gasteiger partial charge is 0.342 e. The zero-order valence-electron chi connectivity index (χ0n) is 13.1. The van der Waals surface area contributed by atoms with Gasteiger partial charge < -0.3 is 14.8 Å². The molecule has 0 saturated carbocycles. The van der Waals surface area contributed by atoms with Gasteiger partial charge in [0.1, 0.15) is 11.3 Å². The molecule has 0 aliphatic carbocycles. The largest absolute Gasteiger partial charge is 0.493 e. The summed E-state index contributed by atoms with van der Waals surface area (Å²) in [5.74, 6) is -0.543. The van der Waals surface area contributed by atoms with Crippen LogP contribution in [0.2, 0.25) is 0 Å². The van der Waals surface area contributed by atoms with Crippen LogP contribution in [0.4, 0.5) is 5.69 Å². The van der Waals surface area contributed by atoms with Gasteiger partial charge in [-0.15, -0.1) is 0 Å². The minimum absolute atomic E-state index is 0.300. The Kier molecular flexibility index (Phi) is 5.74. The number of esters is 1. The average molecular weight is 313 g/mol. The van der Waals surface area contributed by atoms with Crippen molar-refractivity contribution >= 4 is 17.6 Å². The predicted octanol–water partition coefficient (Wildman–Crippen LogP) is 3.27. The summed E-state index contributed by atoms with van der Waals surface area (Å²) in [5.41, 5.74) is 0.948. The third kappa shape index (κ3) is 4.57. The maximum Gasteiger partial charge on any atom is 0.342 e. The molecular formula is C18H19NO4. The molecule has 0 unspecified atom stereocenters. The number of para-hydroxylation sites is 2.